The van der Waals surface area contributed by atoms with E-state index < -0.39 is 17.6 Å². The molecule has 31 heavy (non-hydrogen) atoms. The number of carbonyl (C=O) groups excluding carboxylic acids is 2. The van der Waals surface area contributed by atoms with Crippen LogP contribution in [0.1, 0.15) is 45.8 Å². The van der Waals surface area contributed by atoms with Crippen LogP contribution >= 0.6 is 0 Å². The molecule has 1 aromatic heterocycles. The molecule has 0 saturated heterocycles. The van der Waals surface area contributed by atoms with E-state index in [1.165, 1.54) is 23.0 Å². The zero-order valence-electron chi connectivity index (χ0n) is 17.1. The molecule has 0 aliphatic rings. The second-order valence-electron chi connectivity index (χ2n) is 7.23. The van der Waals surface area contributed by atoms with Crippen molar-refractivity contribution in [3.63, 3.8) is 0 Å². The van der Waals surface area contributed by atoms with E-state index >= 15 is 0 Å². The Bertz CT molecular complexity index is 1120. The van der Waals surface area contributed by atoms with Gasteiger partial charge in [0, 0.05) is 6.04 Å². The highest BCUT2D eigenvalue weighted by Gasteiger charge is 2.30. The van der Waals surface area contributed by atoms with Gasteiger partial charge in [-0.25, -0.2) is 4.68 Å². The van der Waals surface area contributed by atoms with Crippen LogP contribution in [0.5, 0.6) is 0 Å². The van der Waals surface area contributed by atoms with E-state index in [1.54, 1.807) is 31.2 Å². The third-order valence-corrected chi connectivity index (χ3v) is 4.51. The molecule has 2 aromatic carbocycles. The van der Waals surface area contributed by atoms with Crippen LogP contribution in [-0.4, -0.2) is 27.6 Å². The largest absolute Gasteiger partial charge is 0.416 e. The van der Waals surface area contributed by atoms with Crippen LogP contribution in [0.2, 0.25) is 0 Å². The van der Waals surface area contributed by atoms with Crippen molar-refractivity contribution in [2.75, 3.05) is 5.32 Å². The van der Waals surface area contributed by atoms with Gasteiger partial charge in [-0.05, 0) is 51.1 Å². The Labute approximate surface area is 177 Å². The van der Waals surface area contributed by atoms with Crippen molar-refractivity contribution >= 4 is 17.5 Å². The number of amides is 2. The second kappa shape index (κ2) is 8.63. The summed E-state index contributed by atoms with van der Waals surface area (Å²) in [5.41, 5.74) is 0.529. The molecule has 0 fully saturated rings. The fourth-order valence-electron chi connectivity index (χ4n) is 3.03. The number of hydrogen-bond donors (Lipinski definition) is 2. The molecule has 0 aliphatic carbocycles. The predicted molar refractivity (Wildman–Crippen MR) is 110 cm³/mol. The van der Waals surface area contributed by atoms with Gasteiger partial charge in [-0.15, -0.1) is 0 Å². The summed E-state index contributed by atoms with van der Waals surface area (Å²) in [6.07, 6.45) is -3.21. The molecular weight excluding hydrogens is 409 g/mol. The minimum atomic E-state index is -4.49. The van der Waals surface area contributed by atoms with Crippen LogP contribution in [0.15, 0.2) is 54.7 Å². The molecule has 3 rings (SSSR count). The average molecular weight is 430 g/mol. The van der Waals surface area contributed by atoms with Gasteiger partial charge in [-0.2, -0.15) is 18.3 Å². The Morgan fingerprint density at radius 2 is 1.71 bits per heavy atom. The average Bonchev–Trinajstić information content (AvgIpc) is 3.09. The number of nitrogens with zero attached hydrogens (tertiary/aromatic N) is 2. The molecular formula is C22H21F3N4O2. The maximum atomic E-state index is 13.0. The molecule has 0 spiro atoms. The van der Waals surface area contributed by atoms with Crippen LogP contribution in [0, 0.1) is 6.92 Å². The van der Waals surface area contributed by atoms with Crippen LogP contribution in [0.3, 0.4) is 0 Å². The van der Waals surface area contributed by atoms with Crippen LogP contribution in [-0.2, 0) is 6.18 Å². The van der Waals surface area contributed by atoms with Crippen LogP contribution in [0.4, 0.5) is 18.9 Å². The van der Waals surface area contributed by atoms with E-state index in [2.05, 4.69) is 15.7 Å². The molecule has 6 nitrogen and oxygen atoms in total. The summed E-state index contributed by atoms with van der Waals surface area (Å²) in [4.78, 5) is 25.2. The smallest absolute Gasteiger partial charge is 0.350 e. The number of hydrogen-bond acceptors (Lipinski definition) is 3. The highest BCUT2D eigenvalue weighted by atomic mass is 19.4. The first-order valence-corrected chi connectivity index (χ1v) is 9.51. The van der Waals surface area contributed by atoms with E-state index in [1.807, 2.05) is 13.8 Å². The number of para-hydroxylation sites is 1. The molecule has 0 unspecified atom stereocenters. The fraction of sp³-hybridized carbons (Fsp3) is 0.227. The number of anilines is 1. The summed E-state index contributed by atoms with van der Waals surface area (Å²) < 4.78 is 40.3. The standard InChI is InChI=1S/C22H21F3N4O2/c1-13(2)27-20(30)17-9-4-5-10-19(17)28-21(31)18-12-26-29(14(18)3)16-8-6-7-15(11-16)22(23,24)25/h4-13H,1-3H3,(H,27,30)(H,28,31). The first-order valence-electron chi connectivity index (χ1n) is 9.51. The molecule has 0 aliphatic heterocycles. The first-order chi connectivity index (χ1) is 14.6. The Hall–Kier alpha value is -3.62. The molecule has 2 amide bonds. The summed E-state index contributed by atoms with van der Waals surface area (Å²) in [6.45, 7) is 5.23. The predicted octanol–water partition coefficient (Wildman–Crippen LogP) is 4.59. The Kier molecular flexibility index (Phi) is 6.14. The molecule has 0 atom stereocenters. The molecule has 0 radical (unpaired) electrons. The summed E-state index contributed by atoms with van der Waals surface area (Å²) in [6, 6.07) is 11.2. The fourth-order valence-corrected chi connectivity index (χ4v) is 3.03. The Morgan fingerprint density at radius 1 is 1.00 bits per heavy atom. The van der Waals surface area contributed by atoms with E-state index in [0.717, 1.165) is 12.1 Å². The Balaban J connectivity index is 1.88. The third kappa shape index (κ3) is 4.93. The second-order valence-corrected chi connectivity index (χ2v) is 7.23. The van der Waals surface area contributed by atoms with Crippen LogP contribution < -0.4 is 10.6 Å². The SMILES string of the molecule is Cc1c(C(=O)Nc2ccccc2C(=O)NC(C)C)cnn1-c1cccc(C(F)(F)F)c1. The topological polar surface area (TPSA) is 76.0 Å². The van der Waals surface area contributed by atoms with Gasteiger partial charge in [0.2, 0.25) is 0 Å². The van der Waals surface area contributed by atoms with E-state index in [0.29, 0.717) is 16.9 Å². The van der Waals surface area contributed by atoms with Gasteiger partial charge in [0.25, 0.3) is 11.8 Å². The highest BCUT2D eigenvalue weighted by Crippen LogP contribution is 2.30. The quantitative estimate of drug-likeness (QED) is 0.622. The number of rotatable bonds is 5. The lowest BCUT2D eigenvalue weighted by molar-refractivity contribution is -0.137. The third-order valence-electron chi connectivity index (χ3n) is 4.51. The zero-order chi connectivity index (χ0) is 22.8. The van der Waals surface area contributed by atoms with Gasteiger partial charge < -0.3 is 10.6 Å². The van der Waals surface area contributed by atoms with Crippen LogP contribution in [0.25, 0.3) is 5.69 Å². The van der Waals surface area contributed by atoms with Gasteiger partial charge in [0.15, 0.2) is 0 Å². The number of benzene rings is 2. The maximum absolute atomic E-state index is 13.0. The van der Waals surface area contributed by atoms with E-state index in [4.69, 9.17) is 0 Å². The maximum Gasteiger partial charge on any atom is 0.416 e. The Morgan fingerprint density at radius 3 is 2.39 bits per heavy atom. The van der Waals surface area contributed by atoms with Crippen molar-refractivity contribution in [2.45, 2.75) is 33.0 Å². The van der Waals surface area contributed by atoms with Crippen molar-refractivity contribution in [3.05, 3.63) is 77.1 Å². The highest BCUT2D eigenvalue weighted by molar-refractivity contribution is 6.09. The van der Waals surface area contributed by atoms with Crippen molar-refractivity contribution in [3.8, 4) is 5.69 Å². The number of carbonyl (C=O) groups is 2. The van der Waals surface area contributed by atoms with Gasteiger partial charge in [-0.3, -0.25) is 9.59 Å². The van der Waals surface area contributed by atoms with Crippen molar-refractivity contribution in [1.82, 2.24) is 15.1 Å². The molecule has 9 heteroatoms. The first kappa shape index (κ1) is 22.1. The lowest BCUT2D eigenvalue weighted by Gasteiger charge is -2.13. The van der Waals surface area contributed by atoms with Gasteiger partial charge in [-0.1, -0.05) is 18.2 Å². The van der Waals surface area contributed by atoms with Gasteiger partial charge >= 0.3 is 6.18 Å². The molecule has 1 heterocycles. The minimum absolute atomic E-state index is 0.0794. The summed E-state index contributed by atoms with van der Waals surface area (Å²) in [7, 11) is 0. The monoisotopic (exact) mass is 430 g/mol. The molecule has 162 valence electrons. The zero-order valence-corrected chi connectivity index (χ0v) is 17.1. The number of alkyl halides is 3. The molecule has 0 saturated carbocycles. The van der Waals surface area contributed by atoms with Gasteiger partial charge in [0.05, 0.1) is 40.0 Å². The molecule has 0 bridgehead atoms. The van der Waals surface area contributed by atoms with Crippen molar-refractivity contribution in [2.24, 2.45) is 0 Å². The summed E-state index contributed by atoms with van der Waals surface area (Å²) in [5, 5.41) is 9.54. The van der Waals surface area contributed by atoms with Crippen molar-refractivity contribution < 1.29 is 22.8 Å². The van der Waals surface area contributed by atoms with Crippen molar-refractivity contribution in [1.29, 1.82) is 0 Å². The molecule has 2 N–H and O–H groups in total. The van der Waals surface area contributed by atoms with E-state index in [9.17, 15) is 22.8 Å². The number of aromatic nitrogens is 2. The van der Waals surface area contributed by atoms with Gasteiger partial charge in [0.1, 0.15) is 0 Å². The number of nitrogens with one attached hydrogen (secondary N) is 2. The number of halogens is 3. The lowest BCUT2D eigenvalue weighted by atomic mass is 10.1. The van der Waals surface area contributed by atoms with E-state index in [-0.39, 0.29) is 23.2 Å². The summed E-state index contributed by atoms with van der Waals surface area (Å²) >= 11 is 0. The summed E-state index contributed by atoms with van der Waals surface area (Å²) in [5.74, 6) is -0.859. The molecule has 3 aromatic rings. The normalized spacial score (nSPS) is 11.5. The minimum Gasteiger partial charge on any atom is -0.350 e. The lowest BCUT2D eigenvalue weighted by Crippen LogP contribution is -2.31.